The van der Waals surface area contributed by atoms with E-state index in [1.807, 2.05) is 30.3 Å². The standard InChI is InChI=1S/C41H48N2O9/c1-42-12-10-22-16-32(45-3)30(44)19-26(22)28(42)15-24-18-33(46-4)35(48-6)21-31(24)52-36-17-23-14-29-37-25(11-13-43(29)2)39(49-7)41(51-9)40(50-8)38(37)27(23)20-34(36)47-5/h16-21,28-29,44H,10-15H2,1-9H3/t28-,29-/m1/s1. The van der Waals surface area contributed by atoms with Crippen LogP contribution in [0.15, 0.2) is 36.4 Å². The molecule has 7 rings (SSSR count). The van der Waals surface area contributed by atoms with Crippen LogP contribution in [0.1, 0.15) is 45.5 Å². The SMILES string of the molecule is COc1cc2c(cc1O)[C@@H](Cc1cc(OC)c(OC)cc1Oc1cc3c(cc1OC)-c1c(OC)c(OC)c(OC)c4c1[C@@H](C3)N(C)CC4)N(C)CC2. The van der Waals surface area contributed by atoms with Gasteiger partial charge in [0.25, 0.3) is 0 Å². The third-order valence-electron chi connectivity index (χ3n) is 11.0. The molecule has 0 aromatic heterocycles. The van der Waals surface area contributed by atoms with Gasteiger partial charge in [-0.1, -0.05) is 0 Å². The van der Waals surface area contributed by atoms with Crippen LogP contribution >= 0.6 is 0 Å². The van der Waals surface area contributed by atoms with Crippen LogP contribution in [0, 0.1) is 0 Å². The van der Waals surface area contributed by atoms with E-state index in [4.69, 9.17) is 37.9 Å². The Labute approximate surface area is 305 Å². The summed E-state index contributed by atoms with van der Waals surface area (Å²) in [5.74, 6) is 5.47. The van der Waals surface area contributed by atoms with E-state index in [1.165, 1.54) is 5.56 Å². The van der Waals surface area contributed by atoms with Crippen LogP contribution in [0.2, 0.25) is 0 Å². The fourth-order valence-electron chi connectivity index (χ4n) is 8.36. The third kappa shape index (κ3) is 5.76. The number of ether oxygens (including phenoxy) is 8. The molecule has 2 aliphatic heterocycles. The van der Waals surface area contributed by atoms with E-state index in [2.05, 4.69) is 30.0 Å². The minimum Gasteiger partial charge on any atom is -0.504 e. The first kappa shape index (κ1) is 35.4. The maximum absolute atomic E-state index is 10.8. The lowest BCUT2D eigenvalue weighted by molar-refractivity contribution is 0.222. The van der Waals surface area contributed by atoms with E-state index in [0.29, 0.717) is 52.4 Å². The first-order chi connectivity index (χ1) is 25.2. The molecule has 0 bridgehead atoms. The Balaban J connectivity index is 1.35. The van der Waals surface area contributed by atoms with Crippen molar-refractivity contribution in [3.63, 3.8) is 0 Å². The Morgan fingerprint density at radius 3 is 1.92 bits per heavy atom. The topological polar surface area (TPSA) is 101 Å². The molecule has 11 nitrogen and oxygen atoms in total. The Hall–Kier alpha value is -5.00. The summed E-state index contributed by atoms with van der Waals surface area (Å²) in [6.45, 7) is 1.74. The van der Waals surface area contributed by atoms with Gasteiger partial charge in [0.2, 0.25) is 5.75 Å². The van der Waals surface area contributed by atoms with E-state index < -0.39 is 0 Å². The molecule has 0 amide bonds. The first-order valence-electron chi connectivity index (χ1n) is 17.5. The number of phenols is 1. The van der Waals surface area contributed by atoms with Crippen LogP contribution in [0.3, 0.4) is 0 Å². The van der Waals surface area contributed by atoms with Crippen molar-refractivity contribution in [2.45, 2.75) is 37.8 Å². The number of methoxy groups -OCH3 is 7. The molecule has 11 heteroatoms. The minimum absolute atomic E-state index is 0.0431. The number of hydrogen-bond acceptors (Lipinski definition) is 11. The quantitative estimate of drug-likeness (QED) is 0.178. The largest absolute Gasteiger partial charge is 0.504 e. The van der Waals surface area contributed by atoms with Gasteiger partial charge in [-0.2, -0.15) is 0 Å². The summed E-state index contributed by atoms with van der Waals surface area (Å²) >= 11 is 0. The van der Waals surface area contributed by atoms with Crippen LogP contribution in [-0.2, 0) is 25.7 Å². The molecule has 2 heterocycles. The normalized spacial score (nSPS) is 17.7. The number of hydrogen-bond donors (Lipinski definition) is 1. The molecule has 1 N–H and O–H groups in total. The Kier molecular flexibility index (Phi) is 9.67. The number of benzene rings is 4. The summed E-state index contributed by atoms with van der Waals surface area (Å²) in [7, 11) is 15.7. The summed E-state index contributed by atoms with van der Waals surface area (Å²) in [5.41, 5.74) is 8.57. The molecule has 0 unspecified atom stereocenters. The lowest BCUT2D eigenvalue weighted by Gasteiger charge is -2.41. The third-order valence-corrected chi connectivity index (χ3v) is 11.0. The highest BCUT2D eigenvalue weighted by atomic mass is 16.5. The van der Waals surface area contributed by atoms with Crippen molar-refractivity contribution in [1.29, 1.82) is 0 Å². The van der Waals surface area contributed by atoms with Crippen molar-refractivity contribution in [1.82, 2.24) is 9.80 Å². The van der Waals surface area contributed by atoms with Crippen molar-refractivity contribution in [3.8, 4) is 68.6 Å². The molecule has 2 atom stereocenters. The molecule has 0 spiro atoms. The lowest BCUT2D eigenvalue weighted by atomic mass is 9.76. The highest BCUT2D eigenvalue weighted by molar-refractivity contribution is 5.87. The van der Waals surface area contributed by atoms with Crippen molar-refractivity contribution >= 4 is 0 Å². The van der Waals surface area contributed by atoms with Gasteiger partial charge < -0.3 is 43.0 Å². The van der Waals surface area contributed by atoms with Crippen molar-refractivity contribution in [3.05, 3.63) is 69.8 Å². The predicted octanol–water partition coefficient (Wildman–Crippen LogP) is 6.77. The van der Waals surface area contributed by atoms with Gasteiger partial charge in [0.05, 0.1) is 49.8 Å². The molecule has 0 saturated carbocycles. The molecule has 0 saturated heterocycles. The zero-order chi connectivity index (χ0) is 36.8. The van der Waals surface area contributed by atoms with E-state index in [0.717, 1.165) is 77.0 Å². The number of rotatable bonds is 11. The molecule has 4 aromatic rings. The summed E-state index contributed by atoms with van der Waals surface area (Å²) in [6.07, 6.45) is 3.04. The highest BCUT2D eigenvalue weighted by Gasteiger charge is 2.40. The monoisotopic (exact) mass is 712 g/mol. The number of aromatic hydroxyl groups is 1. The Bertz CT molecular complexity index is 2010. The van der Waals surface area contributed by atoms with E-state index in [-0.39, 0.29) is 17.8 Å². The van der Waals surface area contributed by atoms with E-state index in [1.54, 1.807) is 49.8 Å². The van der Waals surface area contributed by atoms with Gasteiger partial charge in [0.15, 0.2) is 46.0 Å². The zero-order valence-corrected chi connectivity index (χ0v) is 31.5. The van der Waals surface area contributed by atoms with Crippen LogP contribution in [0.25, 0.3) is 11.1 Å². The van der Waals surface area contributed by atoms with Gasteiger partial charge in [-0.3, -0.25) is 9.80 Å². The highest BCUT2D eigenvalue weighted by Crippen LogP contribution is 2.58. The number of likely N-dealkylation sites (N-methyl/N-ethyl adjacent to an activating group) is 2. The molecule has 4 aromatic carbocycles. The minimum atomic E-state index is -0.0431. The molecule has 52 heavy (non-hydrogen) atoms. The zero-order valence-electron chi connectivity index (χ0n) is 31.5. The molecule has 0 radical (unpaired) electrons. The van der Waals surface area contributed by atoms with E-state index >= 15 is 0 Å². The van der Waals surface area contributed by atoms with Gasteiger partial charge in [-0.15, -0.1) is 0 Å². The molecule has 0 fully saturated rings. The van der Waals surface area contributed by atoms with Gasteiger partial charge in [0.1, 0.15) is 5.75 Å². The van der Waals surface area contributed by atoms with Crippen LogP contribution in [0.5, 0.6) is 57.5 Å². The summed E-state index contributed by atoms with van der Waals surface area (Å²) in [6, 6.07) is 11.8. The smallest absolute Gasteiger partial charge is 0.204 e. The molecular weight excluding hydrogens is 664 g/mol. The number of fused-ring (bicyclic) bond motifs is 3. The van der Waals surface area contributed by atoms with Crippen LogP contribution in [-0.4, -0.2) is 91.9 Å². The second kappa shape index (κ2) is 14.2. The Morgan fingerprint density at radius 2 is 1.25 bits per heavy atom. The van der Waals surface area contributed by atoms with Crippen molar-refractivity contribution in [2.75, 3.05) is 77.0 Å². The average molecular weight is 713 g/mol. The maximum Gasteiger partial charge on any atom is 0.204 e. The van der Waals surface area contributed by atoms with Gasteiger partial charge >= 0.3 is 0 Å². The molecule has 3 aliphatic rings. The second-order valence-corrected chi connectivity index (χ2v) is 13.6. The summed E-state index contributed by atoms with van der Waals surface area (Å²) < 4.78 is 47.8. The number of nitrogens with zero attached hydrogens (tertiary/aromatic N) is 2. The summed E-state index contributed by atoms with van der Waals surface area (Å²) in [4.78, 5) is 4.69. The maximum atomic E-state index is 10.8. The second-order valence-electron chi connectivity index (χ2n) is 13.6. The molecule has 1 aliphatic carbocycles. The Morgan fingerprint density at radius 1 is 0.615 bits per heavy atom. The van der Waals surface area contributed by atoms with Crippen LogP contribution in [0.4, 0.5) is 0 Å². The van der Waals surface area contributed by atoms with E-state index in [9.17, 15) is 5.11 Å². The van der Waals surface area contributed by atoms with Crippen LogP contribution < -0.4 is 37.9 Å². The van der Waals surface area contributed by atoms with Crippen molar-refractivity contribution < 1.29 is 43.0 Å². The molecular formula is C41H48N2O9. The predicted molar refractivity (Wildman–Crippen MR) is 198 cm³/mol. The lowest BCUT2D eigenvalue weighted by Crippen LogP contribution is -2.36. The van der Waals surface area contributed by atoms with Gasteiger partial charge in [0, 0.05) is 47.9 Å². The van der Waals surface area contributed by atoms with Gasteiger partial charge in [-0.05, 0) is 97.9 Å². The number of phenolic OH excluding ortho intramolecular Hbond substituents is 1. The van der Waals surface area contributed by atoms with Gasteiger partial charge in [-0.25, -0.2) is 0 Å². The molecule has 276 valence electrons. The summed E-state index contributed by atoms with van der Waals surface area (Å²) in [5, 5.41) is 10.8. The fourth-order valence-corrected chi connectivity index (χ4v) is 8.36. The average Bonchev–Trinajstić information content (AvgIpc) is 3.16. The fraction of sp³-hybridized carbons (Fsp3) is 0.415. The first-order valence-corrected chi connectivity index (χ1v) is 17.5. The van der Waals surface area contributed by atoms with Crippen molar-refractivity contribution in [2.24, 2.45) is 0 Å².